The fraction of sp³-hybridized carbons (Fsp3) is 0.222. The highest BCUT2D eigenvalue weighted by molar-refractivity contribution is 6.31. The van der Waals surface area contributed by atoms with Crippen LogP contribution < -0.4 is 10.2 Å². The second-order valence-corrected chi connectivity index (χ2v) is 7.11. The van der Waals surface area contributed by atoms with Crippen LogP contribution in [0.2, 0.25) is 5.02 Å². The summed E-state index contributed by atoms with van der Waals surface area (Å²) in [5.74, 6) is 0.282. The Bertz CT molecular complexity index is 1060. The zero-order chi connectivity index (χ0) is 17.9. The largest absolute Gasteiger partial charge is 0.330 e. The van der Waals surface area contributed by atoms with E-state index in [1.807, 2.05) is 24.3 Å². The molecule has 0 atom stereocenters. The van der Waals surface area contributed by atoms with Gasteiger partial charge in [0.1, 0.15) is 11.4 Å². The third-order valence-corrected chi connectivity index (χ3v) is 5.57. The maximum Gasteiger partial charge on any atom is 0.330 e. The number of fused-ring (bicyclic) bond motifs is 1. The molecule has 2 aliphatic rings. The number of nitrogens with one attached hydrogen (secondary N) is 1. The molecule has 1 spiro atoms. The Hall–Kier alpha value is -2.93. The molecule has 3 aromatic rings. The summed E-state index contributed by atoms with van der Waals surface area (Å²) >= 11 is 6.27. The number of benzene rings is 1. The third-order valence-electron chi connectivity index (χ3n) is 5.22. The van der Waals surface area contributed by atoms with E-state index in [1.165, 1.54) is 6.20 Å². The molecule has 2 fully saturated rings. The lowest BCUT2D eigenvalue weighted by molar-refractivity contribution is -0.125. The van der Waals surface area contributed by atoms with Crippen molar-refractivity contribution < 1.29 is 9.59 Å². The Morgan fingerprint density at radius 1 is 1.19 bits per heavy atom. The molecule has 5 rings (SSSR count). The van der Waals surface area contributed by atoms with Crippen molar-refractivity contribution in [2.45, 2.75) is 24.3 Å². The lowest BCUT2D eigenvalue weighted by Crippen LogP contribution is -2.56. The van der Waals surface area contributed by atoms with Gasteiger partial charge in [-0.15, -0.1) is 0 Å². The van der Waals surface area contributed by atoms with Crippen LogP contribution in [0.4, 0.5) is 10.6 Å². The highest BCUT2D eigenvalue weighted by atomic mass is 35.5. The number of hydrogen-bond acceptors (Lipinski definition) is 4. The van der Waals surface area contributed by atoms with Gasteiger partial charge in [-0.1, -0.05) is 29.8 Å². The number of aromatic nitrogens is 3. The molecule has 1 saturated carbocycles. The van der Waals surface area contributed by atoms with Crippen LogP contribution in [0, 0.1) is 0 Å². The van der Waals surface area contributed by atoms with Crippen LogP contribution in [-0.4, -0.2) is 31.8 Å². The van der Waals surface area contributed by atoms with Crippen LogP contribution in [0.5, 0.6) is 0 Å². The van der Waals surface area contributed by atoms with Crippen molar-refractivity contribution >= 4 is 35.0 Å². The quantitative estimate of drug-likeness (QED) is 0.706. The third kappa shape index (κ3) is 2.00. The van der Waals surface area contributed by atoms with Crippen LogP contribution in [0.3, 0.4) is 0 Å². The highest BCUT2D eigenvalue weighted by Crippen LogP contribution is 2.49. The van der Waals surface area contributed by atoms with E-state index in [4.69, 9.17) is 11.6 Å². The van der Waals surface area contributed by atoms with Crippen molar-refractivity contribution in [3.63, 3.8) is 0 Å². The number of nitrogens with zero attached hydrogens (tertiary/aromatic N) is 4. The van der Waals surface area contributed by atoms with Gasteiger partial charge >= 0.3 is 6.03 Å². The minimum absolute atomic E-state index is 0.148. The van der Waals surface area contributed by atoms with E-state index in [9.17, 15) is 9.59 Å². The van der Waals surface area contributed by atoms with Gasteiger partial charge in [0.2, 0.25) is 0 Å². The van der Waals surface area contributed by atoms with E-state index in [-0.39, 0.29) is 11.8 Å². The van der Waals surface area contributed by atoms with Gasteiger partial charge < -0.3 is 5.32 Å². The maximum atomic E-state index is 13.1. The van der Waals surface area contributed by atoms with Crippen LogP contribution in [-0.2, 0) is 4.79 Å². The van der Waals surface area contributed by atoms with Crippen LogP contribution >= 0.6 is 11.6 Å². The first-order chi connectivity index (χ1) is 12.6. The molecule has 26 heavy (non-hydrogen) atoms. The Morgan fingerprint density at radius 3 is 2.81 bits per heavy atom. The Morgan fingerprint density at radius 2 is 2.00 bits per heavy atom. The number of urea groups is 1. The molecule has 130 valence electrons. The van der Waals surface area contributed by atoms with E-state index in [0.29, 0.717) is 29.3 Å². The molecule has 1 aliphatic carbocycles. The molecule has 7 nitrogen and oxygen atoms in total. The summed E-state index contributed by atoms with van der Waals surface area (Å²) in [6.45, 7) is 0. The number of anilines is 1. The first-order valence-electron chi connectivity index (χ1n) is 8.27. The molecule has 1 aromatic carbocycles. The standard InChI is InChI=1S/C18H14ClN5O2/c19-13-4-2-1-3-12(13)11-7-18(8-11)16(25)24(17(26)22-18)15-10-20-9-14-21-5-6-23(14)15/h1-6,9-11H,7-8H2,(H,22,26). The predicted octanol–water partition coefficient (Wildman–Crippen LogP) is 2.76. The lowest BCUT2D eigenvalue weighted by Gasteiger charge is -2.43. The van der Waals surface area contributed by atoms with Crippen molar-refractivity contribution in [2.75, 3.05) is 4.90 Å². The number of hydrogen-bond donors (Lipinski definition) is 1. The highest BCUT2D eigenvalue weighted by Gasteiger charge is 2.59. The lowest BCUT2D eigenvalue weighted by atomic mass is 9.65. The average Bonchev–Trinajstić information content (AvgIpc) is 3.17. The first-order valence-corrected chi connectivity index (χ1v) is 8.65. The summed E-state index contributed by atoms with van der Waals surface area (Å²) in [7, 11) is 0. The second-order valence-electron chi connectivity index (χ2n) is 6.70. The maximum absolute atomic E-state index is 13.1. The minimum atomic E-state index is -0.871. The number of halogens is 1. The molecule has 0 radical (unpaired) electrons. The second kappa shape index (κ2) is 5.28. The average molecular weight is 368 g/mol. The molecule has 0 bridgehead atoms. The Balaban J connectivity index is 1.46. The molecule has 2 aromatic heterocycles. The van der Waals surface area contributed by atoms with Crippen molar-refractivity contribution in [3.8, 4) is 0 Å². The van der Waals surface area contributed by atoms with Crippen LogP contribution in [0.15, 0.2) is 49.1 Å². The van der Waals surface area contributed by atoms with Gasteiger partial charge in [0.05, 0.1) is 12.4 Å². The molecule has 3 heterocycles. The zero-order valence-electron chi connectivity index (χ0n) is 13.6. The van der Waals surface area contributed by atoms with E-state index in [1.54, 1.807) is 23.0 Å². The van der Waals surface area contributed by atoms with Crippen LogP contribution in [0.1, 0.15) is 24.3 Å². The van der Waals surface area contributed by atoms with Crippen molar-refractivity contribution in [2.24, 2.45) is 0 Å². The summed E-state index contributed by atoms with van der Waals surface area (Å²) in [5.41, 5.74) is 0.717. The number of imidazole rings is 1. The normalized spacial score (nSPS) is 25.0. The number of carbonyl (C=O) groups excluding carboxylic acids is 2. The van der Waals surface area contributed by atoms with Crippen molar-refractivity contribution in [3.05, 3.63) is 59.6 Å². The predicted molar refractivity (Wildman–Crippen MR) is 95.2 cm³/mol. The fourth-order valence-corrected chi connectivity index (χ4v) is 4.21. The molecule has 1 saturated heterocycles. The number of imide groups is 1. The van der Waals surface area contributed by atoms with E-state index < -0.39 is 11.6 Å². The van der Waals surface area contributed by atoms with Crippen molar-refractivity contribution in [1.29, 1.82) is 0 Å². The SMILES string of the molecule is O=C1NC2(CC(c3ccccc3Cl)C2)C(=O)N1c1cncc2nccn12. The van der Waals surface area contributed by atoms with E-state index in [2.05, 4.69) is 15.3 Å². The van der Waals surface area contributed by atoms with Crippen LogP contribution in [0.25, 0.3) is 5.65 Å². The molecule has 1 aliphatic heterocycles. The zero-order valence-corrected chi connectivity index (χ0v) is 14.3. The van der Waals surface area contributed by atoms with Gasteiger partial charge in [-0.25, -0.2) is 14.7 Å². The Labute approximate surface area is 153 Å². The molecule has 0 unspecified atom stereocenters. The topological polar surface area (TPSA) is 79.6 Å². The van der Waals surface area contributed by atoms with Gasteiger partial charge in [-0.3, -0.25) is 14.2 Å². The number of carbonyl (C=O) groups is 2. The monoisotopic (exact) mass is 367 g/mol. The smallest absolute Gasteiger partial charge is 0.323 e. The minimum Gasteiger partial charge on any atom is -0.323 e. The van der Waals surface area contributed by atoms with Crippen molar-refractivity contribution in [1.82, 2.24) is 19.7 Å². The number of rotatable bonds is 2. The molecular weight excluding hydrogens is 354 g/mol. The summed E-state index contributed by atoms with van der Waals surface area (Å²) in [6.07, 6.45) is 7.44. The summed E-state index contributed by atoms with van der Waals surface area (Å²) in [6, 6.07) is 7.18. The van der Waals surface area contributed by atoms with Gasteiger partial charge in [0, 0.05) is 17.4 Å². The van der Waals surface area contributed by atoms with E-state index in [0.717, 1.165) is 10.5 Å². The van der Waals surface area contributed by atoms with Gasteiger partial charge in [0.25, 0.3) is 5.91 Å². The number of amides is 3. The molecule has 8 heteroatoms. The van der Waals surface area contributed by atoms with E-state index >= 15 is 0 Å². The summed E-state index contributed by atoms with van der Waals surface area (Å²) < 4.78 is 1.67. The first kappa shape index (κ1) is 15.3. The summed E-state index contributed by atoms with van der Waals surface area (Å²) in [5, 5.41) is 3.56. The molecule has 3 amide bonds. The Kier molecular flexibility index (Phi) is 3.12. The fourth-order valence-electron chi connectivity index (χ4n) is 3.92. The van der Waals surface area contributed by atoms with Gasteiger partial charge in [0.15, 0.2) is 5.65 Å². The van der Waals surface area contributed by atoms with Gasteiger partial charge in [-0.05, 0) is 30.4 Å². The summed E-state index contributed by atoms with van der Waals surface area (Å²) in [4.78, 5) is 35.1. The molecular formula is C18H14ClN5O2. The van der Waals surface area contributed by atoms with Gasteiger partial charge in [-0.2, -0.15) is 0 Å². The molecule has 1 N–H and O–H groups in total.